The van der Waals surface area contributed by atoms with Crippen LogP contribution in [-0.4, -0.2) is 46.5 Å². The van der Waals surface area contributed by atoms with Crippen molar-refractivity contribution in [1.82, 2.24) is 14.9 Å². The number of anilines is 1. The van der Waals surface area contributed by atoms with Crippen LogP contribution in [-0.2, 0) is 0 Å². The van der Waals surface area contributed by atoms with Crippen molar-refractivity contribution >= 4 is 11.7 Å². The van der Waals surface area contributed by atoms with Crippen molar-refractivity contribution in [2.75, 3.05) is 24.5 Å². The second kappa shape index (κ2) is 7.28. The van der Waals surface area contributed by atoms with Gasteiger partial charge in [-0.15, -0.1) is 0 Å². The number of likely N-dealkylation sites (tertiary alicyclic amines) is 1. The van der Waals surface area contributed by atoms with E-state index in [0.717, 1.165) is 38.3 Å². The van der Waals surface area contributed by atoms with E-state index in [1.54, 1.807) is 6.33 Å². The quantitative estimate of drug-likeness (QED) is 0.859. The van der Waals surface area contributed by atoms with E-state index in [1.807, 2.05) is 11.0 Å². The SMILES string of the molecule is CCC1CCCCN1c1cc(C(=O)N2CCCC(C)C2)ncn1. The summed E-state index contributed by atoms with van der Waals surface area (Å²) in [4.78, 5) is 25.8. The largest absolute Gasteiger partial charge is 0.354 e. The van der Waals surface area contributed by atoms with E-state index < -0.39 is 0 Å². The Bertz CT molecular complexity index is 548. The highest BCUT2D eigenvalue weighted by atomic mass is 16.2. The molecule has 5 heteroatoms. The van der Waals surface area contributed by atoms with E-state index in [0.29, 0.717) is 17.7 Å². The summed E-state index contributed by atoms with van der Waals surface area (Å²) in [6.07, 6.45) is 8.69. The molecule has 0 bridgehead atoms. The highest BCUT2D eigenvalue weighted by Gasteiger charge is 2.26. The summed E-state index contributed by atoms with van der Waals surface area (Å²) in [5.74, 6) is 1.56. The highest BCUT2D eigenvalue weighted by Crippen LogP contribution is 2.25. The average molecular weight is 316 g/mol. The fraction of sp³-hybridized carbons (Fsp3) is 0.722. The van der Waals surface area contributed by atoms with Gasteiger partial charge in [-0.1, -0.05) is 13.8 Å². The molecule has 2 aliphatic rings. The van der Waals surface area contributed by atoms with Crippen molar-refractivity contribution in [2.24, 2.45) is 5.92 Å². The third-order valence-corrected chi connectivity index (χ3v) is 5.21. The lowest BCUT2D eigenvalue weighted by atomic mass is 9.99. The highest BCUT2D eigenvalue weighted by molar-refractivity contribution is 5.93. The zero-order valence-electron chi connectivity index (χ0n) is 14.4. The lowest BCUT2D eigenvalue weighted by Crippen LogP contribution is -2.41. The Kier molecular flexibility index (Phi) is 5.13. The van der Waals surface area contributed by atoms with Crippen LogP contribution in [0.4, 0.5) is 5.82 Å². The van der Waals surface area contributed by atoms with Gasteiger partial charge in [-0.3, -0.25) is 4.79 Å². The van der Waals surface area contributed by atoms with E-state index in [-0.39, 0.29) is 5.91 Å². The van der Waals surface area contributed by atoms with Gasteiger partial charge in [-0.05, 0) is 44.4 Å². The minimum atomic E-state index is 0.0604. The van der Waals surface area contributed by atoms with Gasteiger partial charge in [0.25, 0.3) is 5.91 Å². The van der Waals surface area contributed by atoms with Gasteiger partial charge in [-0.25, -0.2) is 9.97 Å². The van der Waals surface area contributed by atoms with Crippen LogP contribution in [0.1, 0.15) is 62.9 Å². The van der Waals surface area contributed by atoms with Crippen LogP contribution in [0.5, 0.6) is 0 Å². The zero-order valence-corrected chi connectivity index (χ0v) is 14.4. The van der Waals surface area contributed by atoms with Gasteiger partial charge in [-0.2, -0.15) is 0 Å². The maximum atomic E-state index is 12.7. The number of hydrogen-bond donors (Lipinski definition) is 0. The topological polar surface area (TPSA) is 49.3 Å². The molecule has 2 aliphatic heterocycles. The Labute approximate surface area is 139 Å². The van der Waals surface area contributed by atoms with Crippen molar-refractivity contribution in [2.45, 2.75) is 58.4 Å². The van der Waals surface area contributed by atoms with Gasteiger partial charge in [0, 0.05) is 31.7 Å². The molecule has 0 aliphatic carbocycles. The number of nitrogens with zero attached hydrogens (tertiary/aromatic N) is 4. The molecule has 0 N–H and O–H groups in total. The molecule has 3 heterocycles. The molecule has 0 spiro atoms. The molecular weight excluding hydrogens is 288 g/mol. The Hall–Kier alpha value is -1.65. The summed E-state index contributed by atoms with van der Waals surface area (Å²) in [7, 11) is 0. The Morgan fingerprint density at radius 1 is 1.22 bits per heavy atom. The van der Waals surface area contributed by atoms with Crippen LogP contribution in [0.3, 0.4) is 0 Å². The molecule has 3 rings (SSSR count). The van der Waals surface area contributed by atoms with Crippen LogP contribution >= 0.6 is 0 Å². The molecule has 0 radical (unpaired) electrons. The van der Waals surface area contributed by atoms with Gasteiger partial charge in [0.15, 0.2) is 0 Å². The summed E-state index contributed by atoms with van der Waals surface area (Å²) in [5.41, 5.74) is 0.546. The Morgan fingerprint density at radius 3 is 2.87 bits per heavy atom. The van der Waals surface area contributed by atoms with Gasteiger partial charge >= 0.3 is 0 Å². The minimum absolute atomic E-state index is 0.0604. The van der Waals surface area contributed by atoms with Crippen LogP contribution in [0, 0.1) is 5.92 Å². The van der Waals surface area contributed by atoms with Crippen molar-refractivity contribution in [3.05, 3.63) is 18.1 Å². The zero-order chi connectivity index (χ0) is 16.2. The fourth-order valence-electron chi connectivity index (χ4n) is 3.88. The molecule has 1 aromatic heterocycles. The van der Waals surface area contributed by atoms with E-state index >= 15 is 0 Å². The second-order valence-corrected chi connectivity index (χ2v) is 7.01. The molecule has 1 amide bonds. The van der Waals surface area contributed by atoms with Crippen LogP contribution in [0.2, 0.25) is 0 Å². The van der Waals surface area contributed by atoms with Crippen molar-refractivity contribution in [3.63, 3.8) is 0 Å². The third kappa shape index (κ3) is 3.65. The molecule has 5 nitrogen and oxygen atoms in total. The number of carbonyl (C=O) groups excluding carboxylic acids is 1. The lowest BCUT2D eigenvalue weighted by molar-refractivity contribution is 0.0677. The molecule has 1 aromatic rings. The molecular formula is C18H28N4O. The standard InChI is InChI=1S/C18H28N4O/c1-3-15-8-4-5-10-22(15)17-11-16(19-13-20-17)18(23)21-9-6-7-14(2)12-21/h11,13-15H,3-10,12H2,1-2H3. The normalized spacial score (nSPS) is 25.5. The van der Waals surface area contributed by atoms with E-state index in [1.165, 1.54) is 25.7 Å². The van der Waals surface area contributed by atoms with Gasteiger partial charge < -0.3 is 9.80 Å². The first-order valence-electron chi connectivity index (χ1n) is 9.07. The fourth-order valence-corrected chi connectivity index (χ4v) is 3.88. The smallest absolute Gasteiger partial charge is 0.272 e. The summed E-state index contributed by atoms with van der Waals surface area (Å²) < 4.78 is 0. The summed E-state index contributed by atoms with van der Waals surface area (Å²) >= 11 is 0. The van der Waals surface area contributed by atoms with Crippen LogP contribution < -0.4 is 4.90 Å². The molecule has 23 heavy (non-hydrogen) atoms. The monoisotopic (exact) mass is 316 g/mol. The van der Waals surface area contributed by atoms with Crippen molar-refractivity contribution in [1.29, 1.82) is 0 Å². The first kappa shape index (κ1) is 16.2. The first-order chi connectivity index (χ1) is 11.2. The summed E-state index contributed by atoms with van der Waals surface area (Å²) in [6.45, 7) is 7.17. The molecule has 2 unspecified atom stereocenters. The predicted octanol–water partition coefficient (Wildman–Crippen LogP) is 3.12. The van der Waals surface area contributed by atoms with Gasteiger partial charge in [0.05, 0.1) is 0 Å². The number of carbonyl (C=O) groups is 1. The van der Waals surface area contributed by atoms with Crippen LogP contribution in [0.15, 0.2) is 12.4 Å². The minimum Gasteiger partial charge on any atom is -0.354 e. The predicted molar refractivity (Wildman–Crippen MR) is 91.6 cm³/mol. The first-order valence-corrected chi connectivity index (χ1v) is 9.07. The van der Waals surface area contributed by atoms with E-state index in [2.05, 4.69) is 28.7 Å². The molecule has 126 valence electrons. The maximum absolute atomic E-state index is 12.7. The molecule has 0 aromatic carbocycles. The van der Waals surface area contributed by atoms with Crippen LogP contribution in [0.25, 0.3) is 0 Å². The summed E-state index contributed by atoms with van der Waals surface area (Å²) in [6, 6.07) is 2.44. The molecule has 2 fully saturated rings. The second-order valence-electron chi connectivity index (χ2n) is 7.01. The molecule has 2 saturated heterocycles. The number of rotatable bonds is 3. The Morgan fingerprint density at radius 2 is 2.09 bits per heavy atom. The van der Waals surface area contributed by atoms with Crippen molar-refractivity contribution in [3.8, 4) is 0 Å². The van der Waals surface area contributed by atoms with E-state index in [4.69, 9.17) is 0 Å². The lowest BCUT2D eigenvalue weighted by Gasteiger charge is -2.36. The summed E-state index contributed by atoms with van der Waals surface area (Å²) in [5, 5.41) is 0. The molecule has 2 atom stereocenters. The maximum Gasteiger partial charge on any atom is 0.272 e. The Balaban J connectivity index is 1.77. The van der Waals surface area contributed by atoms with Gasteiger partial charge in [0.2, 0.25) is 0 Å². The number of amides is 1. The number of aromatic nitrogens is 2. The third-order valence-electron chi connectivity index (χ3n) is 5.21. The van der Waals surface area contributed by atoms with E-state index in [9.17, 15) is 4.79 Å². The number of hydrogen-bond acceptors (Lipinski definition) is 4. The van der Waals surface area contributed by atoms with Crippen molar-refractivity contribution < 1.29 is 4.79 Å². The molecule has 0 saturated carbocycles. The average Bonchev–Trinajstić information content (AvgIpc) is 2.61. The van der Waals surface area contributed by atoms with Gasteiger partial charge in [0.1, 0.15) is 17.8 Å². The number of piperidine rings is 2.